The quantitative estimate of drug-likeness (QED) is 0.805. The van der Waals surface area contributed by atoms with Crippen molar-refractivity contribution in [3.05, 3.63) is 23.3 Å². The van der Waals surface area contributed by atoms with E-state index in [4.69, 9.17) is 0 Å². The number of carboxylic acid groups (broad SMARTS) is 1. The fraction of sp³-hybridized carbons (Fsp3) is 0.500. The van der Waals surface area contributed by atoms with Crippen LogP contribution in [0.25, 0.3) is 0 Å². The number of hydrogen-bond acceptors (Lipinski definition) is 5. The van der Waals surface area contributed by atoms with Gasteiger partial charge in [0.25, 0.3) is 0 Å². The molecule has 2 aliphatic rings. The third kappa shape index (κ3) is 2.98. The first-order valence-electron chi connectivity index (χ1n) is 8.62. The Morgan fingerprint density at radius 2 is 1.96 bits per heavy atom. The van der Waals surface area contributed by atoms with Crippen LogP contribution in [-0.2, 0) is 4.79 Å². The normalized spacial score (nSPS) is 25.7. The summed E-state index contributed by atoms with van der Waals surface area (Å²) in [6.07, 6.45) is 0.190. The zero-order valence-corrected chi connectivity index (χ0v) is 14.8. The highest BCUT2D eigenvalue weighted by Gasteiger charge is 2.39. The molecular formula is C18H21F2N3O3. The minimum Gasteiger partial charge on any atom is -0.480 e. The molecule has 3 unspecified atom stereocenters. The molecule has 0 spiro atoms. The number of piperazine rings is 1. The molecule has 1 aromatic rings. The molecule has 0 saturated carbocycles. The molecule has 0 aliphatic carbocycles. The summed E-state index contributed by atoms with van der Waals surface area (Å²) >= 11 is 0. The van der Waals surface area contributed by atoms with Gasteiger partial charge in [-0.3, -0.25) is 14.6 Å². The highest BCUT2D eigenvalue weighted by molar-refractivity contribution is 6.27. The molecule has 0 aromatic heterocycles. The number of nitrogens with zero attached hydrogens (tertiary/aromatic N) is 2. The van der Waals surface area contributed by atoms with Crippen LogP contribution < -0.4 is 10.2 Å². The lowest BCUT2D eigenvalue weighted by atomic mass is 9.87. The summed E-state index contributed by atoms with van der Waals surface area (Å²) in [5, 5.41) is 12.6. The number of ketones is 1. The van der Waals surface area contributed by atoms with Gasteiger partial charge in [-0.05, 0) is 26.3 Å². The van der Waals surface area contributed by atoms with Gasteiger partial charge in [-0.1, -0.05) is 6.92 Å². The minimum absolute atomic E-state index is 0.0429. The predicted molar refractivity (Wildman–Crippen MR) is 93.5 cm³/mol. The molecule has 1 saturated heterocycles. The summed E-state index contributed by atoms with van der Waals surface area (Å²) in [7, 11) is 0. The van der Waals surface area contributed by atoms with E-state index in [1.54, 1.807) is 11.8 Å². The van der Waals surface area contributed by atoms with Crippen LogP contribution >= 0.6 is 0 Å². The van der Waals surface area contributed by atoms with Gasteiger partial charge in [0.15, 0.2) is 17.5 Å². The molecule has 8 heteroatoms. The van der Waals surface area contributed by atoms with Crippen molar-refractivity contribution in [1.29, 1.82) is 0 Å². The number of benzene rings is 1. The topological polar surface area (TPSA) is 82.0 Å². The van der Waals surface area contributed by atoms with Crippen molar-refractivity contribution in [2.75, 3.05) is 18.0 Å². The molecule has 2 aliphatic heterocycles. The van der Waals surface area contributed by atoms with Crippen molar-refractivity contribution in [2.24, 2.45) is 10.9 Å². The lowest BCUT2D eigenvalue weighted by molar-refractivity contribution is -0.138. The number of carbonyl (C=O) groups is 2. The largest absolute Gasteiger partial charge is 0.480 e. The number of carbonyl (C=O) groups excluding carboxylic acids is 1. The number of nitrogens with one attached hydrogen (secondary N) is 1. The van der Waals surface area contributed by atoms with Crippen LogP contribution in [0.4, 0.5) is 20.2 Å². The fourth-order valence-electron chi connectivity index (χ4n) is 3.75. The van der Waals surface area contributed by atoms with Crippen molar-refractivity contribution >= 4 is 28.8 Å². The Bertz CT molecular complexity index is 799. The summed E-state index contributed by atoms with van der Waals surface area (Å²) in [4.78, 5) is 29.6. The lowest BCUT2D eigenvalue weighted by Gasteiger charge is -2.38. The van der Waals surface area contributed by atoms with Crippen LogP contribution in [0.3, 0.4) is 0 Å². The molecule has 0 amide bonds. The number of aliphatic carboxylic acids is 1. The monoisotopic (exact) mass is 365 g/mol. The molecule has 26 heavy (non-hydrogen) atoms. The van der Waals surface area contributed by atoms with Crippen LogP contribution in [0.15, 0.2) is 11.1 Å². The first-order valence-corrected chi connectivity index (χ1v) is 8.62. The van der Waals surface area contributed by atoms with E-state index in [0.29, 0.717) is 13.1 Å². The molecule has 2 N–H and O–H groups in total. The molecule has 140 valence electrons. The number of carboxylic acids is 1. The van der Waals surface area contributed by atoms with Crippen LogP contribution in [0.1, 0.15) is 37.6 Å². The molecule has 3 rings (SSSR count). The maximum atomic E-state index is 15.2. The third-order valence-corrected chi connectivity index (χ3v) is 4.77. The van der Waals surface area contributed by atoms with Crippen LogP contribution in [0.2, 0.25) is 0 Å². The third-order valence-electron chi connectivity index (χ3n) is 4.77. The Morgan fingerprint density at radius 1 is 1.35 bits per heavy atom. The van der Waals surface area contributed by atoms with Gasteiger partial charge in [-0.25, -0.2) is 8.78 Å². The second-order valence-corrected chi connectivity index (χ2v) is 6.88. The van der Waals surface area contributed by atoms with E-state index in [9.17, 15) is 19.1 Å². The number of halogens is 2. The van der Waals surface area contributed by atoms with Gasteiger partial charge in [0.05, 0.1) is 5.56 Å². The Morgan fingerprint density at radius 3 is 2.50 bits per heavy atom. The Balaban J connectivity index is 2.14. The van der Waals surface area contributed by atoms with E-state index in [2.05, 4.69) is 10.3 Å². The van der Waals surface area contributed by atoms with Gasteiger partial charge >= 0.3 is 5.97 Å². The molecule has 1 aromatic carbocycles. The average molecular weight is 365 g/mol. The standard InChI is InChI=1S/C18H21F2N3O3/c1-4-12-13(18(25)26)17(24)10-5-11(19)16(14(20)15(10)22-12)23-6-8(2)21-9(3)7-23/h5,8-9,13,21H,4,6-7H2,1-3H3,(H,25,26). The number of rotatable bonds is 3. The van der Waals surface area contributed by atoms with E-state index in [0.717, 1.165) is 6.07 Å². The molecule has 0 radical (unpaired) electrons. The second kappa shape index (κ2) is 6.75. The average Bonchev–Trinajstić information content (AvgIpc) is 2.54. The summed E-state index contributed by atoms with van der Waals surface area (Å²) in [5.41, 5.74) is -0.720. The Kier molecular flexibility index (Phi) is 4.79. The van der Waals surface area contributed by atoms with Gasteiger partial charge in [0.2, 0.25) is 0 Å². The van der Waals surface area contributed by atoms with Gasteiger partial charge in [-0.15, -0.1) is 0 Å². The van der Waals surface area contributed by atoms with Crippen LogP contribution in [0.5, 0.6) is 0 Å². The number of aliphatic imine (C=N–C) groups is 1. The molecule has 3 atom stereocenters. The zero-order chi connectivity index (χ0) is 19.2. The molecule has 2 heterocycles. The zero-order valence-electron chi connectivity index (χ0n) is 14.8. The van der Waals surface area contributed by atoms with Gasteiger partial charge in [0.1, 0.15) is 17.2 Å². The van der Waals surface area contributed by atoms with Gasteiger partial charge in [-0.2, -0.15) is 0 Å². The number of Topliss-reactive ketones (excluding diaryl/α,β-unsaturated/α-hetero) is 1. The van der Waals surface area contributed by atoms with Gasteiger partial charge in [0, 0.05) is 30.9 Å². The van der Waals surface area contributed by atoms with Crippen molar-refractivity contribution in [3.8, 4) is 0 Å². The highest BCUT2D eigenvalue weighted by atomic mass is 19.1. The van der Waals surface area contributed by atoms with E-state index >= 15 is 4.39 Å². The SMILES string of the molecule is CCC1=Nc2c(cc(F)c(N3CC(C)NC(C)C3)c2F)C(=O)C1C(=O)O. The van der Waals surface area contributed by atoms with E-state index < -0.39 is 29.3 Å². The first kappa shape index (κ1) is 18.4. The second-order valence-electron chi connectivity index (χ2n) is 6.88. The van der Waals surface area contributed by atoms with E-state index in [-0.39, 0.29) is 41.2 Å². The highest BCUT2D eigenvalue weighted by Crippen LogP contribution is 2.39. The molecular weight excluding hydrogens is 344 g/mol. The summed E-state index contributed by atoms with van der Waals surface area (Å²) in [6.45, 7) is 6.31. The summed E-state index contributed by atoms with van der Waals surface area (Å²) < 4.78 is 29.9. The van der Waals surface area contributed by atoms with Crippen LogP contribution in [0, 0.1) is 17.6 Å². The lowest BCUT2D eigenvalue weighted by Crippen LogP contribution is -2.54. The fourth-order valence-corrected chi connectivity index (χ4v) is 3.75. The molecule has 0 bridgehead atoms. The molecule has 1 fully saturated rings. The van der Waals surface area contributed by atoms with E-state index in [1.165, 1.54) is 0 Å². The number of anilines is 1. The van der Waals surface area contributed by atoms with Crippen LogP contribution in [-0.4, -0.2) is 47.7 Å². The van der Waals surface area contributed by atoms with Crippen molar-refractivity contribution in [3.63, 3.8) is 0 Å². The van der Waals surface area contributed by atoms with E-state index in [1.807, 2.05) is 13.8 Å². The molecule has 6 nitrogen and oxygen atoms in total. The summed E-state index contributed by atoms with van der Waals surface area (Å²) in [6, 6.07) is 1.00. The van der Waals surface area contributed by atoms with Crippen molar-refractivity contribution < 1.29 is 23.5 Å². The number of hydrogen-bond donors (Lipinski definition) is 2. The Hall–Kier alpha value is -2.35. The number of fused-ring (bicyclic) bond motifs is 1. The van der Waals surface area contributed by atoms with Gasteiger partial charge < -0.3 is 15.3 Å². The van der Waals surface area contributed by atoms with Crippen molar-refractivity contribution in [2.45, 2.75) is 39.3 Å². The summed E-state index contributed by atoms with van der Waals surface area (Å²) in [5.74, 6) is -5.47. The maximum Gasteiger partial charge on any atom is 0.320 e. The Labute approximate surface area is 149 Å². The maximum absolute atomic E-state index is 15.2. The predicted octanol–water partition coefficient (Wildman–Crippen LogP) is 2.53. The first-order chi connectivity index (χ1) is 12.2. The minimum atomic E-state index is -1.49. The van der Waals surface area contributed by atoms with Crippen molar-refractivity contribution in [1.82, 2.24) is 5.32 Å². The smallest absolute Gasteiger partial charge is 0.320 e.